The van der Waals surface area contributed by atoms with Crippen LogP contribution in [-0.4, -0.2) is 42.2 Å². The molecule has 8 heteroatoms. The third-order valence-corrected chi connectivity index (χ3v) is 4.45. The Bertz CT molecular complexity index is 776. The smallest absolute Gasteiger partial charge is 0.334 e. The first-order chi connectivity index (χ1) is 13.7. The summed E-state index contributed by atoms with van der Waals surface area (Å²) in [6.45, 7) is 0.728. The molecule has 150 valence electrons. The van der Waals surface area contributed by atoms with Crippen molar-refractivity contribution in [3.63, 3.8) is 0 Å². The maximum absolute atomic E-state index is 11.9. The molecule has 0 amide bonds. The van der Waals surface area contributed by atoms with Gasteiger partial charge in [0.2, 0.25) is 5.89 Å². The fourth-order valence-electron chi connectivity index (χ4n) is 2.98. The van der Waals surface area contributed by atoms with Crippen molar-refractivity contribution in [2.45, 2.75) is 38.3 Å². The molecule has 0 radical (unpaired) electrons. The number of carbonyl (C=O) groups is 2. The van der Waals surface area contributed by atoms with Crippen LogP contribution in [0.5, 0.6) is 0 Å². The van der Waals surface area contributed by atoms with Gasteiger partial charge < -0.3 is 13.9 Å². The third kappa shape index (κ3) is 5.64. The van der Waals surface area contributed by atoms with Crippen LogP contribution < -0.4 is 0 Å². The number of hydrogen-bond acceptors (Lipinski definition) is 8. The molecule has 2 heterocycles. The van der Waals surface area contributed by atoms with Gasteiger partial charge in [0.05, 0.1) is 19.7 Å². The Hall–Kier alpha value is -2.71. The number of carbonyl (C=O) groups excluding carboxylic acids is 2. The summed E-state index contributed by atoms with van der Waals surface area (Å²) in [5.74, 6) is 0.419. The van der Waals surface area contributed by atoms with Crippen molar-refractivity contribution in [2.24, 2.45) is 0 Å². The first-order valence-corrected chi connectivity index (χ1v) is 9.26. The van der Waals surface area contributed by atoms with Gasteiger partial charge in [-0.15, -0.1) is 0 Å². The summed E-state index contributed by atoms with van der Waals surface area (Å²) in [7, 11) is 1.35. The van der Waals surface area contributed by atoms with Gasteiger partial charge in [-0.2, -0.15) is 5.06 Å². The quantitative estimate of drug-likeness (QED) is 0.606. The van der Waals surface area contributed by atoms with E-state index in [1.54, 1.807) is 11.3 Å². The average molecular weight is 388 g/mol. The van der Waals surface area contributed by atoms with Crippen LogP contribution in [0.4, 0.5) is 0 Å². The van der Waals surface area contributed by atoms with E-state index in [0.29, 0.717) is 24.6 Å². The van der Waals surface area contributed by atoms with E-state index in [1.807, 2.05) is 30.3 Å². The third-order valence-electron chi connectivity index (χ3n) is 4.45. The van der Waals surface area contributed by atoms with Gasteiger partial charge in [0.25, 0.3) is 0 Å². The average Bonchev–Trinajstić information content (AvgIpc) is 3.38. The summed E-state index contributed by atoms with van der Waals surface area (Å²) in [6.07, 6.45) is 4.00. The lowest BCUT2D eigenvalue weighted by Gasteiger charge is -2.20. The largest absolute Gasteiger partial charge is 0.469 e. The molecule has 1 aromatic heterocycles. The number of aromatic nitrogens is 1. The minimum absolute atomic E-state index is 0.159. The summed E-state index contributed by atoms with van der Waals surface area (Å²) in [4.78, 5) is 33.1. The van der Waals surface area contributed by atoms with Gasteiger partial charge in [-0.1, -0.05) is 30.3 Å². The second-order valence-electron chi connectivity index (χ2n) is 6.46. The number of nitrogens with zero attached hydrogens (tertiary/aromatic N) is 2. The summed E-state index contributed by atoms with van der Waals surface area (Å²) < 4.78 is 15.6. The molecule has 2 aromatic rings. The second kappa shape index (κ2) is 10.0. The van der Waals surface area contributed by atoms with E-state index in [4.69, 9.17) is 14.0 Å². The molecule has 0 N–H and O–H groups in total. The number of oxazole rings is 1. The van der Waals surface area contributed by atoms with E-state index in [9.17, 15) is 9.59 Å². The van der Waals surface area contributed by atoms with Gasteiger partial charge >= 0.3 is 11.9 Å². The normalized spacial score (nSPS) is 16.8. The highest BCUT2D eigenvalue weighted by Crippen LogP contribution is 2.31. The van der Waals surface area contributed by atoms with E-state index in [-0.39, 0.29) is 31.6 Å². The highest BCUT2D eigenvalue weighted by molar-refractivity contribution is 5.70. The number of ether oxygens (including phenoxy) is 2. The van der Waals surface area contributed by atoms with Crippen LogP contribution >= 0.6 is 0 Å². The van der Waals surface area contributed by atoms with Crippen molar-refractivity contribution in [1.29, 1.82) is 0 Å². The number of aryl methyl sites for hydroxylation is 1. The molecule has 1 saturated heterocycles. The highest BCUT2D eigenvalue weighted by Gasteiger charge is 2.31. The maximum Gasteiger partial charge on any atom is 0.334 e. The van der Waals surface area contributed by atoms with E-state index < -0.39 is 5.97 Å². The minimum Gasteiger partial charge on any atom is -0.469 e. The molecular weight excluding hydrogens is 364 g/mol. The fraction of sp³-hybridized carbons (Fsp3) is 0.450. The molecule has 0 unspecified atom stereocenters. The first kappa shape index (κ1) is 20.0. The Labute approximate surface area is 163 Å². The van der Waals surface area contributed by atoms with Crippen molar-refractivity contribution in [3.8, 4) is 0 Å². The molecule has 1 aliphatic heterocycles. The van der Waals surface area contributed by atoms with Crippen LogP contribution in [0.1, 0.15) is 42.5 Å². The SMILES string of the molecule is COC(=O)CCc1cnc([C@@H]2CCCN2OCC(=O)OCc2ccccc2)o1. The van der Waals surface area contributed by atoms with Crippen LogP contribution in [-0.2, 0) is 36.9 Å². The van der Waals surface area contributed by atoms with E-state index >= 15 is 0 Å². The van der Waals surface area contributed by atoms with Gasteiger partial charge in [0.15, 0.2) is 6.61 Å². The van der Waals surface area contributed by atoms with Crippen molar-refractivity contribution in [3.05, 3.63) is 53.7 Å². The zero-order valence-corrected chi connectivity index (χ0v) is 15.8. The zero-order chi connectivity index (χ0) is 19.8. The summed E-state index contributed by atoms with van der Waals surface area (Å²) in [5, 5.41) is 1.71. The van der Waals surface area contributed by atoms with Crippen LogP contribution in [0.25, 0.3) is 0 Å². The topological polar surface area (TPSA) is 91.1 Å². The number of hydroxylamine groups is 2. The van der Waals surface area contributed by atoms with Crippen LogP contribution in [0.15, 0.2) is 40.9 Å². The molecule has 3 rings (SSSR count). The molecule has 1 aliphatic rings. The Morgan fingerprint density at radius 1 is 1.25 bits per heavy atom. The van der Waals surface area contributed by atoms with Crippen LogP contribution in [0.3, 0.4) is 0 Å². The van der Waals surface area contributed by atoms with Gasteiger partial charge in [0, 0.05) is 13.0 Å². The number of benzene rings is 1. The molecule has 0 saturated carbocycles. The predicted octanol–water partition coefficient (Wildman–Crippen LogP) is 2.59. The van der Waals surface area contributed by atoms with Crippen molar-refractivity contribution in [1.82, 2.24) is 10.0 Å². The van der Waals surface area contributed by atoms with E-state index in [2.05, 4.69) is 9.72 Å². The van der Waals surface area contributed by atoms with Gasteiger partial charge in [-0.25, -0.2) is 9.78 Å². The Balaban J connectivity index is 1.46. The molecule has 1 aromatic carbocycles. The van der Waals surface area contributed by atoms with Crippen LogP contribution in [0.2, 0.25) is 0 Å². The summed E-state index contributed by atoms with van der Waals surface area (Å²) in [5.41, 5.74) is 0.925. The van der Waals surface area contributed by atoms with E-state index in [1.165, 1.54) is 7.11 Å². The molecule has 0 spiro atoms. The minimum atomic E-state index is -0.430. The summed E-state index contributed by atoms with van der Waals surface area (Å²) in [6, 6.07) is 9.32. The number of methoxy groups -OCH3 is 1. The number of hydrogen-bond donors (Lipinski definition) is 0. The van der Waals surface area contributed by atoms with Crippen molar-refractivity contribution < 1.29 is 28.3 Å². The standard InChI is InChI=1S/C20H24N2O6/c1-25-18(23)10-9-16-12-21-20(28-16)17-8-5-11-22(17)27-14-19(24)26-13-15-6-3-2-4-7-15/h2-4,6-7,12,17H,5,8-11,13-14H2,1H3/t17-/m0/s1. The second-order valence-corrected chi connectivity index (χ2v) is 6.46. The lowest BCUT2D eigenvalue weighted by atomic mass is 10.2. The number of rotatable bonds is 9. The first-order valence-electron chi connectivity index (χ1n) is 9.26. The molecule has 1 fully saturated rings. The highest BCUT2D eigenvalue weighted by atomic mass is 16.7. The molecule has 28 heavy (non-hydrogen) atoms. The Morgan fingerprint density at radius 3 is 2.86 bits per heavy atom. The van der Waals surface area contributed by atoms with Crippen molar-refractivity contribution in [2.75, 3.05) is 20.3 Å². The predicted molar refractivity (Wildman–Crippen MR) is 97.7 cm³/mol. The van der Waals surface area contributed by atoms with Gasteiger partial charge in [-0.05, 0) is 18.4 Å². The zero-order valence-electron chi connectivity index (χ0n) is 15.8. The lowest BCUT2D eigenvalue weighted by Crippen LogP contribution is -2.27. The Morgan fingerprint density at radius 2 is 2.07 bits per heavy atom. The molecular formula is C20H24N2O6. The monoisotopic (exact) mass is 388 g/mol. The fourth-order valence-corrected chi connectivity index (χ4v) is 2.98. The van der Waals surface area contributed by atoms with Gasteiger partial charge in [-0.3, -0.25) is 9.63 Å². The molecule has 0 aliphatic carbocycles. The number of esters is 2. The van der Waals surface area contributed by atoms with Crippen molar-refractivity contribution >= 4 is 11.9 Å². The molecule has 0 bridgehead atoms. The van der Waals surface area contributed by atoms with Crippen LogP contribution in [0, 0.1) is 0 Å². The molecule has 1 atom stereocenters. The lowest BCUT2D eigenvalue weighted by molar-refractivity contribution is -0.194. The summed E-state index contributed by atoms with van der Waals surface area (Å²) >= 11 is 0. The van der Waals surface area contributed by atoms with Gasteiger partial charge in [0.1, 0.15) is 18.4 Å². The maximum atomic E-state index is 11.9. The molecule has 8 nitrogen and oxygen atoms in total. The van der Waals surface area contributed by atoms with E-state index in [0.717, 1.165) is 18.4 Å². The Kier molecular flexibility index (Phi) is 7.16.